The zero-order valence-corrected chi connectivity index (χ0v) is 15.3. The zero-order valence-electron chi connectivity index (χ0n) is 15.3. The van der Waals surface area contributed by atoms with Gasteiger partial charge in [-0.2, -0.15) is 5.10 Å². The van der Waals surface area contributed by atoms with Crippen molar-refractivity contribution in [3.8, 4) is 0 Å². The molecule has 6 nitrogen and oxygen atoms in total. The average Bonchev–Trinajstić information content (AvgIpc) is 2.97. The highest BCUT2D eigenvalue weighted by atomic mass is 16.5. The first-order valence-corrected chi connectivity index (χ1v) is 8.58. The lowest BCUT2D eigenvalue weighted by Gasteiger charge is -2.31. The number of H-pyrrole nitrogens is 1. The molecule has 1 aromatic carbocycles. The van der Waals surface area contributed by atoms with Crippen LogP contribution < -0.4 is 0 Å². The van der Waals surface area contributed by atoms with E-state index >= 15 is 0 Å². The summed E-state index contributed by atoms with van der Waals surface area (Å²) in [7, 11) is 1.36. The Labute approximate surface area is 147 Å². The van der Waals surface area contributed by atoms with Crippen molar-refractivity contribution < 1.29 is 14.3 Å². The van der Waals surface area contributed by atoms with Gasteiger partial charge in [-0.1, -0.05) is 26.8 Å². The first kappa shape index (κ1) is 17.5. The Kier molecular flexibility index (Phi) is 4.54. The third-order valence-corrected chi connectivity index (χ3v) is 4.61. The highest BCUT2D eigenvalue weighted by molar-refractivity contribution is 5.88. The van der Waals surface area contributed by atoms with Crippen LogP contribution in [0, 0.1) is 11.3 Å². The summed E-state index contributed by atoms with van der Waals surface area (Å²) in [6.07, 6.45) is 2.47. The number of carbonyl (C=O) groups excluding carboxylic acids is 2. The molecule has 1 amide bonds. The van der Waals surface area contributed by atoms with Gasteiger partial charge in [0.2, 0.25) is 5.91 Å². The van der Waals surface area contributed by atoms with E-state index in [4.69, 9.17) is 4.74 Å². The topological polar surface area (TPSA) is 75.3 Å². The summed E-state index contributed by atoms with van der Waals surface area (Å²) >= 11 is 0. The molecule has 1 aromatic heterocycles. The maximum Gasteiger partial charge on any atom is 0.306 e. The van der Waals surface area contributed by atoms with Crippen molar-refractivity contribution in [3.63, 3.8) is 0 Å². The summed E-state index contributed by atoms with van der Waals surface area (Å²) < 4.78 is 4.80. The van der Waals surface area contributed by atoms with Gasteiger partial charge in [-0.05, 0) is 29.0 Å². The molecule has 0 spiro atoms. The first-order valence-electron chi connectivity index (χ1n) is 8.58. The van der Waals surface area contributed by atoms with Gasteiger partial charge in [0.05, 0.1) is 31.2 Å². The number of aromatic amines is 1. The molecule has 0 aliphatic carbocycles. The maximum absolute atomic E-state index is 13.1. The molecular formula is C19H25N3O3. The van der Waals surface area contributed by atoms with Crippen LogP contribution >= 0.6 is 0 Å². The predicted octanol–water partition coefficient (Wildman–Crippen LogP) is 2.67. The van der Waals surface area contributed by atoms with Crippen molar-refractivity contribution in [2.24, 2.45) is 11.3 Å². The van der Waals surface area contributed by atoms with Gasteiger partial charge in [-0.15, -0.1) is 0 Å². The number of aromatic nitrogens is 2. The Balaban J connectivity index is 2.03. The summed E-state index contributed by atoms with van der Waals surface area (Å²) in [6.45, 7) is 7.51. The van der Waals surface area contributed by atoms with Crippen LogP contribution in [-0.2, 0) is 27.3 Å². The average molecular weight is 343 g/mol. The number of benzene rings is 1. The van der Waals surface area contributed by atoms with E-state index in [1.54, 1.807) is 0 Å². The molecule has 1 aliphatic rings. The molecule has 3 rings (SSSR count). The van der Waals surface area contributed by atoms with Crippen molar-refractivity contribution in [3.05, 3.63) is 29.5 Å². The Morgan fingerprint density at radius 3 is 2.84 bits per heavy atom. The molecule has 1 atom stereocenters. The fourth-order valence-corrected chi connectivity index (χ4v) is 3.53. The van der Waals surface area contributed by atoms with Gasteiger partial charge in [0, 0.05) is 18.5 Å². The molecule has 1 N–H and O–H groups in total. The van der Waals surface area contributed by atoms with Gasteiger partial charge >= 0.3 is 5.97 Å². The second-order valence-electron chi connectivity index (χ2n) is 7.97. The Bertz CT molecular complexity index is 804. The summed E-state index contributed by atoms with van der Waals surface area (Å²) in [5, 5.41) is 8.17. The lowest BCUT2D eigenvalue weighted by Crippen LogP contribution is -2.40. The SMILES string of the molecule is COC(=O)C[C@H]1Cc2ccc3[nH]ncc3c2CN(CC(C)(C)C)C1=O. The number of esters is 1. The normalized spacial score (nSPS) is 18.2. The van der Waals surface area contributed by atoms with Crippen molar-refractivity contribution in [1.29, 1.82) is 0 Å². The molecule has 0 saturated carbocycles. The Hall–Kier alpha value is -2.37. The third-order valence-electron chi connectivity index (χ3n) is 4.61. The second kappa shape index (κ2) is 6.50. The number of nitrogens with zero attached hydrogens (tertiary/aromatic N) is 2. The number of hydrogen-bond acceptors (Lipinski definition) is 4. The molecule has 2 aromatic rings. The van der Waals surface area contributed by atoms with Crippen LogP contribution in [0.5, 0.6) is 0 Å². The van der Waals surface area contributed by atoms with Crippen LogP contribution in [0.1, 0.15) is 38.3 Å². The van der Waals surface area contributed by atoms with Crippen LogP contribution in [0.15, 0.2) is 18.3 Å². The van der Waals surface area contributed by atoms with Gasteiger partial charge in [0.25, 0.3) is 0 Å². The smallest absolute Gasteiger partial charge is 0.306 e. The van der Waals surface area contributed by atoms with Gasteiger partial charge in [-0.3, -0.25) is 14.7 Å². The van der Waals surface area contributed by atoms with E-state index in [-0.39, 0.29) is 29.6 Å². The monoisotopic (exact) mass is 343 g/mol. The van der Waals surface area contributed by atoms with Crippen molar-refractivity contribution >= 4 is 22.8 Å². The van der Waals surface area contributed by atoms with Gasteiger partial charge in [0.15, 0.2) is 0 Å². The largest absolute Gasteiger partial charge is 0.469 e. The molecule has 134 valence electrons. The summed E-state index contributed by atoms with van der Waals surface area (Å²) in [4.78, 5) is 26.8. The number of amides is 1. The van der Waals surface area contributed by atoms with Crippen LogP contribution in [0.4, 0.5) is 0 Å². The van der Waals surface area contributed by atoms with E-state index in [1.807, 2.05) is 23.2 Å². The maximum atomic E-state index is 13.1. The standard InChI is InChI=1S/C19H25N3O3/c1-19(2,3)11-22-10-15-12(5-6-16-14(15)9-20-21-16)7-13(18(22)24)8-17(23)25-4/h5-6,9,13H,7-8,10-11H2,1-4H3,(H,20,21)/t13-/m1/s1. The number of nitrogens with one attached hydrogen (secondary N) is 1. The molecule has 6 heteroatoms. The molecule has 2 heterocycles. The van der Waals surface area contributed by atoms with E-state index in [2.05, 4.69) is 31.0 Å². The van der Waals surface area contributed by atoms with E-state index in [9.17, 15) is 9.59 Å². The van der Waals surface area contributed by atoms with Crippen LogP contribution in [0.3, 0.4) is 0 Å². The van der Waals surface area contributed by atoms with Gasteiger partial charge < -0.3 is 9.64 Å². The minimum absolute atomic E-state index is 0.0215. The molecule has 0 fully saturated rings. The Morgan fingerprint density at radius 2 is 2.16 bits per heavy atom. The van der Waals surface area contributed by atoms with Crippen molar-refractivity contribution in [2.45, 2.75) is 40.2 Å². The lowest BCUT2D eigenvalue weighted by molar-refractivity contribution is -0.147. The summed E-state index contributed by atoms with van der Waals surface area (Å²) in [5.74, 6) is -0.713. The van der Waals surface area contributed by atoms with E-state index in [1.165, 1.54) is 7.11 Å². The minimum Gasteiger partial charge on any atom is -0.469 e. The highest BCUT2D eigenvalue weighted by Crippen LogP contribution is 2.31. The lowest BCUT2D eigenvalue weighted by atomic mass is 9.92. The first-order chi connectivity index (χ1) is 11.8. The zero-order chi connectivity index (χ0) is 18.2. The predicted molar refractivity (Wildman–Crippen MR) is 94.8 cm³/mol. The second-order valence-corrected chi connectivity index (χ2v) is 7.97. The Morgan fingerprint density at radius 1 is 1.40 bits per heavy atom. The fourth-order valence-electron chi connectivity index (χ4n) is 3.53. The fraction of sp³-hybridized carbons (Fsp3) is 0.526. The molecular weight excluding hydrogens is 318 g/mol. The van der Waals surface area contributed by atoms with Crippen molar-refractivity contribution in [2.75, 3.05) is 13.7 Å². The quantitative estimate of drug-likeness (QED) is 0.870. The third kappa shape index (κ3) is 3.67. The number of fused-ring (bicyclic) bond motifs is 3. The van der Waals surface area contributed by atoms with Crippen LogP contribution in [0.25, 0.3) is 10.9 Å². The number of ether oxygens (including phenoxy) is 1. The number of methoxy groups -OCH3 is 1. The van der Waals surface area contributed by atoms with Crippen LogP contribution in [-0.4, -0.2) is 40.6 Å². The number of rotatable bonds is 3. The van der Waals surface area contributed by atoms with E-state index in [0.717, 1.165) is 22.0 Å². The number of hydrogen-bond donors (Lipinski definition) is 1. The number of carbonyl (C=O) groups is 2. The van der Waals surface area contributed by atoms with E-state index < -0.39 is 0 Å². The van der Waals surface area contributed by atoms with Gasteiger partial charge in [-0.25, -0.2) is 0 Å². The van der Waals surface area contributed by atoms with Gasteiger partial charge in [0.1, 0.15) is 0 Å². The van der Waals surface area contributed by atoms with Crippen LogP contribution in [0.2, 0.25) is 0 Å². The minimum atomic E-state index is -0.389. The summed E-state index contributed by atoms with van der Waals surface area (Å²) in [6, 6.07) is 4.02. The molecule has 0 radical (unpaired) electrons. The van der Waals surface area contributed by atoms with E-state index in [0.29, 0.717) is 19.5 Å². The molecule has 25 heavy (non-hydrogen) atoms. The van der Waals surface area contributed by atoms with Crippen molar-refractivity contribution in [1.82, 2.24) is 15.1 Å². The molecule has 0 bridgehead atoms. The molecule has 1 aliphatic heterocycles. The highest BCUT2D eigenvalue weighted by Gasteiger charge is 2.34. The molecule has 0 saturated heterocycles. The summed E-state index contributed by atoms with van der Waals surface area (Å²) in [5.41, 5.74) is 3.16. The molecule has 0 unspecified atom stereocenters.